The van der Waals surface area contributed by atoms with Crippen LogP contribution in [-0.4, -0.2) is 51.5 Å². The van der Waals surface area contributed by atoms with Crippen molar-refractivity contribution in [2.75, 3.05) is 30.3 Å². The molecule has 8 heteroatoms. The number of rotatable bonds is 3. The molecule has 1 saturated heterocycles. The lowest BCUT2D eigenvalue weighted by Gasteiger charge is -2.36. The van der Waals surface area contributed by atoms with Crippen molar-refractivity contribution in [1.82, 2.24) is 20.3 Å². The van der Waals surface area contributed by atoms with Gasteiger partial charge in [-0.2, -0.15) is 0 Å². The molecule has 27 heavy (non-hydrogen) atoms. The van der Waals surface area contributed by atoms with E-state index in [1.54, 1.807) is 0 Å². The van der Waals surface area contributed by atoms with Crippen LogP contribution < -0.4 is 10.2 Å². The van der Waals surface area contributed by atoms with Crippen LogP contribution >= 0.6 is 11.8 Å². The number of nitrogens with zero attached hydrogens (tertiary/aromatic N) is 4. The molecule has 2 aliphatic heterocycles. The average Bonchev–Trinajstić information content (AvgIpc) is 2.81. The summed E-state index contributed by atoms with van der Waals surface area (Å²) >= 11 is 1.50. The molecule has 148 valence electrons. The molecule has 2 aliphatic rings. The summed E-state index contributed by atoms with van der Waals surface area (Å²) in [5.41, 5.74) is 1.17. The van der Waals surface area contributed by atoms with E-state index in [0.717, 1.165) is 25.4 Å². The first kappa shape index (κ1) is 20.2. The second kappa shape index (κ2) is 8.67. The van der Waals surface area contributed by atoms with E-state index in [1.165, 1.54) is 11.8 Å². The van der Waals surface area contributed by atoms with Crippen molar-refractivity contribution in [3.8, 4) is 0 Å². The number of hydrogen-bond acceptors (Lipinski definition) is 7. The topological polar surface area (TPSA) is 74.2 Å². The molecule has 6 nitrogen and oxygen atoms in total. The number of pyridine rings is 1. The molecule has 2 unspecified atom stereocenters. The first-order valence-electron chi connectivity index (χ1n) is 9.82. The molecule has 0 bridgehead atoms. The summed E-state index contributed by atoms with van der Waals surface area (Å²) in [6.45, 7) is 10.3. The van der Waals surface area contributed by atoms with E-state index in [4.69, 9.17) is 4.98 Å². The van der Waals surface area contributed by atoms with Gasteiger partial charge in [0.2, 0.25) is 0 Å². The Kier molecular flexibility index (Phi) is 6.49. The highest BCUT2D eigenvalue weighted by atomic mass is 32.2. The van der Waals surface area contributed by atoms with Crippen molar-refractivity contribution in [3.05, 3.63) is 17.2 Å². The van der Waals surface area contributed by atoms with Crippen molar-refractivity contribution >= 4 is 28.5 Å². The van der Waals surface area contributed by atoms with Crippen LogP contribution in [0, 0.1) is 5.82 Å². The van der Waals surface area contributed by atoms with Gasteiger partial charge in [-0.25, -0.2) is 14.4 Å². The van der Waals surface area contributed by atoms with E-state index in [2.05, 4.69) is 20.2 Å². The zero-order chi connectivity index (χ0) is 19.6. The van der Waals surface area contributed by atoms with E-state index in [9.17, 15) is 5.11 Å². The molecular weight excluding hydrogens is 365 g/mol. The van der Waals surface area contributed by atoms with Gasteiger partial charge in [0, 0.05) is 32.1 Å². The highest BCUT2D eigenvalue weighted by Crippen LogP contribution is 2.39. The summed E-state index contributed by atoms with van der Waals surface area (Å²) in [6.07, 6.45) is 0.276. The molecule has 0 aliphatic carbocycles. The van der Waals surface area contributed by atoms with Crippen molar-refractivity contribution in [2.45, 2.75) is 57.8 Å². The maximum Gasteiger partial charge on any atom is 0.190 e. The van der Waals surface area contributed by atoms with E-state index < -0.39 is 6.10 Å². The lowest BCUT2D eigenvalue weighted by Crippen LogP contribution is -2.51. The van der Waals surface area contributed by atoms with Crippen molar-refractivity contribution in [2.24, 2.45) is 0 Å². The number of aliphatic hydroxyl groups is 1. The zero-order valence-electron chi connectivity index (χ0n) is 16.4. The molecule has 2 aromatic heterocycles. The second-order valence-electron chi connectivity index (χ2n) is 6.40. The van der Waals surface area contributed by atoms with Gasteiger partial charge in [0.05, 0.1) is 22.9 Å². The molecule has 2 N–H and O–H groups in total. The third-order valence-electron chi connectivity index (χ3n) is 4.88. The minimum absolute atomic E-state index is 0.115. The quantitative estimate of drug-likeness (QED) is 0.613. The number of nitrogens with one attached hydrogen (secondary N) is 1. The van der Waals surface area contributed by atoms with Crippen LogP contribution in [0.4, 0.5) is 10.2 Å². The molecule has 0 radical (unpaired) electrons. The molecule has 4 rings (SSSR count). The first-order chi connectivity index (χ1) is 13.1. The highest BCUT2D eigenvalue weighted by molar-refractivity contribution is 7.99. The van der Waals surface area contributed by atoms with Gasteiger partial charge in [0.25, 0.3) is 0 Å². The van der Waals surface area contributed by atoms with Gasteiger partial charge in [0.15, 0.2) is 11.0 Å². The molecule has 2 aromatic rings. The molecule has 0 saturated carbocycles. The van der Waals surface area contributed by atoms with Gasteiger partial charge in [-0.05, 0) is 12.2 Å². The minimum Gasteiger partial charge on any atom is -0.387 e. The van der Waals surface area contributed by atoms with Crippen LogP contribution in [0.2, 0.25) is 0 Å². The normalized spacial score (nSPS) is 21.3. The van der Waals surface area contributed by atoms with E-state index in [0.29, 0.717) is 46.1 Å². The van der Waals surface area contributed by atoms with Gasteiger partial charge in [-0.1, -0.05) is 39.5 Å². The van der Waals surface area contributed by atoms with E-state index in [1.807, 2.05) is 27.7 Å². The Balaban J connectivity index is 0.00000102. The van der Waals surface area contributed by atoms with Crippen LogP contribution in [0.15, 0.2) is 5.16 Å². The monoisotopic (exact) mass is 393 g/mol. The Morgan fingerprint density at radius 1 is 1.26 bits per heavy atom. The molecule has 2 atom stereocenters. The number of piperazine rings is 1. The van der Waals surface area contributed by atoms with E-state index in [-0.39, 0.29) is 11.9 Å². The summed E-state index contributed by atoms with van der Waals surface area (Å²) < 4.78 is 15.0. The van der Waals surface area contributed by atoms with Gasteiger partial charge < -0.3 is 15.3 Å². The van der Waals surface area contributed by atoms with Crippen molar-refractivity contribution < 1.29 is 9.50 Å². The van der Waals surface area contributed by atoms with Gasteiger partial charge >= 0.3 is 0 Å². The van der Waals surface area contributed by atoms with Crippen LogP contribution in [0.5, 0.6) is 0 Å². The van der Waals surface area contributed by atoms with Crippen molar-refractivity contribution in [3.63, 3.8) is 0 Å². The maximum atomic E-state index is 15.0. The Morgan fingerprint density at radius 3 is 2.74 bits per heavy atom. The predicted molar refractivity (Wildman–Crippen MR) is 108 cm³/mol. The summed E-state index contributed by atoms with van der Waals surface area (Å²) in [5, 5.41) is 15.3. The third-order valence-corrected chi connectivity index (χ3v) is 5.61. The Labute approximate surface area is 164 Å². The van der Waals surface area contributed by atoms with Crippen LogP contribution in [0.25, 0.3) is 10.9 Å². The van der Waals surface area contributed by atoms with Crippen LogP contribution in [-0.2, 0) is 6.42 Å². The second-order valence-corrected chi connectivity index (χ2v) is 7.63. The predicted octanol–water partition coefficient (Wildman–Crippen LogP) is 3.08. The molecule has 4 heterocycles. The third kappa shape index (κ3) is 3.62. The number of aliphatic hydroxyl groups excluding tert-OH is 1. The molecule has 0 aromatic carbocycles. The molecular formula is C19H28FN5OS. The summed E-state index contributed by atoms with van der Waals surface area (Å²) in [7, 11) is 0. The fourth-order valence-corrected chi connectivity index (χ4v) is 4.27. The fourth-order valence-electron chi connectivity index (χ4n) is 3.71. The molecule has 0 amide bonds. The fraction of sp³-hybridized carbons (Fsp3) is 0.632. The first-order valence-corrected chi connectivity index (χ1v) is 10.8. The summed E-state index contributed by atoms with van der Waals surface area (Å²) in [4.78, 5) is 15.9. The van der Waals surface area contributed by atoms with Crippen LogP contribution in [0.1, 0.15) is 51.6 Å². The largest absolute Gasteiger partial charge is 0.387 e. The van der Waals surface area contributed by atoms with E-state index >= 15 is 4.39 Å². The van der Waals surface area contributed by atoms with Gasteiger partial charge in [0.1, 0.15) is 11.3 Å². The number of anilines is 1. The Morgan fingerprint density at radius 2 is 2.04 bits per heavy atom. The number of aryl methyl sites for hydroxylation is 1. The van der Waals surface area contributed by atoms with Gasteiger partial charge in [-0.3, -0.25) is 4.98 Å². The highest BCUT2D eigenvalue weighted by Gasteiger charge is 2.35. The molecule has 0 spiro atoms. The number of hydrogen-bond donors (Lipinski definition) is 2. The number of halogens is 1. The Hall–Kier alpha value is -1.51. The number of aromatic nitrogens is 3. The summed E-state index contributed by atoms with van der Waals surface area (Å²) in [5.74, 6) is 1.15. The maximum absolute atomic E-state index is 15.0. The number of thioether (sulfide) groups is 1. The summed E-state index contributed by atoms with van der Waals surface area (Å²) in [6, 6.07) is 0.115. The Bertz CT molecular complexity index is 819. The lowest BCUT2D eigenvalue weighted by molar-refractivity contribution is 0.152. The standard InChI is InChI=1S/C17H22FN5OS.C2H6/c1-3-10-13(18)15-12-14(20-10)11(24)7-9-8-19-5-6-23(9)16(12)22-17(21-15)25-4-2;1-2/h9,11,19,24H,3-8H2,1-2H3;1-2H3. The lowest BCUT2D eigenvalue weighted by atomic mass is 10.0. The smallest absolute Gasteiger partial charge is 0.190 e. The van der Waals surface area contributed by atoms with Crippen LogP contribution in [0.3, 0.4) is 0 Å². The SMILES string of the molecule is CC.CCSc1nc2c3c(nc(CC)c(F)c3n1)C(O)CC1CNCCN21. The number of fused-ring (bicyclic) bond motifs is 2. The van der Waals surface area contributed by atoms with Gasteiger partial charge in [-0.15, -0.1) is 0 Å². The average molecular weight is 394 g/mol. The minimum atomic E-state index is -0.740. The zero-order valence-corrected chi connectivity index (χ0v) is 17.2. The molecule has 1 fully saturated rings. The van der Waals surface area contributed by atoms with Crippen molar-refractivity contribution in [1.29, 1.82) is 0 Å².